The van der Waals surface area contributed by atoms with E-state index in [1.54, 1.807) is 13.8 Å². The van der Waals surface area contributed by atoms with Crippen molar-refractivity contribution in [2.45, 2.75) is 33.0 Å². The van der Waals surface area contributed by atoms with Gasteiger partial charge in [-0.05, 0) is 50.1 Å². The van der Waals surface area contributed by atoms with Gasteiger partial charge in [-0.2, -0.15) is 13.2 Å². The Hall–Kier alpha value is -3.08. The third kappa shape index (κ3) is 5.04. The lowest BCUT2D eigenvalue weighted by atomic mass is 10.0. The average molecular weight is 470 g/mol. The maximum Gasteiger partial charge on any atom is 0.416 e. The minimum Gasteiger partial charge on any atom is -0.462 e. The fraction of sp³-hybridized carbons (Fsp3) is 0.381. The van der Waals surface area contributed by atoms with Crippen LogP contribution in [-0.2, 0) is 28.6 Å². The first kappa shape index (κ1) is 23.6. The number of fused-ring (bicyclic) bond motifs is 1. The monoisotopic (exact) mass is 470 g/mol. The summed E-state index contributed by atoms with van der Waals surface area (Å²) in [5, 5.41) is 2.84. The quantitative estimate of drug-likeness (QED) is 0.640. The molecule has 32 heavy (non-hydrogen) atoms. The van der Waals surface area contributed by atoms with Crippen molar-refractivity contribution in [2.75, 3.05) is 25.1 Å². The number of nitrogens with one attached hydrogen (secondary N) is 1. The van der Waals surface area contributed by atoms with E-state index < -0.39 is 29.7 Å². The number of ether oxygens (including phenoxy) is 2. The number of halogens is 3. The van der Waals surface area contributed by atoms with E-state index in [9.17, 15) is 27.6 Å². The van der Waals surface area contributed by atoms with Crippen molar-refractivity contribution in [3.63, 3.8) is 0 Å². The van der Waals surface area contributed by atoms with E-state index in [2.05, 4.69) is 5.32 Å². The van der Waals surface area contributed by atoms with Gasteiger partial charge in [-0.1, -0.05) is 0 Å². The van der Waals surface area contributed by atoms with Crippen LogP contribution >= 0.6 is 11.3 Å². The Morgan fingerprint density at radius 2 is 1.75 bits per heavy atom. The molecule has 1 aliphatic heterocycles. The lowest BCUT2D eigenvalue weighted by Gasteiger charge is -2.26. The molecule has 0 unspecified atom stereocenters. The van der Waals surface area contributed by atoms with Crippen molar-refractivity contribution >= 4 is 34.3 Å². The molecule has 0 aliphatic carbocycles. The molecular weight excluding hydrogens is 449 g/mol. The highest BCUT2D eigenvalue weighted by molar-refractivity contribution is 7.17. The molecule has 0 atom stereocenters. The van der Waals surface area contributed by atoms with E-state index >= 15 is 0 Å². The van der Waals surface area contributed by atoms with Crippen LogP contribution in [0.1, 0.15) is 50.6 Å². The van der Waals surface area contributed by atoms with E-state index in [0.29, 0.717) is 23.4 Å². The van der Waals surface area contributed by atoms with Gasteiger partial charge in [-0.25, -0.2) is 9.59 Å². The number of benzene rings is 1. The van der Waals surface area contributed by atoms with Crippen LogP contribution in [0.25, 0.3) is 0 Å². The van der Waals surface area contributed by atoms with Crippen LogP contribution in [0.15, 0.2) is 24.3 Å². The minimum atomic E-state index is -4.51. The summed E-state index contributed by atoms with van der Waals surface area (Å²) in [5.41, 5.74) is 0.0200. The summed E-state index contributed by atoms with van der Waals surface area (Å²) in [7, 11) is 0. The number of anilines is 1. The topological polar surface area (TPSA) is 84.9 Å². The van der Waals surface area contributed by atoms with Gasteiger partial charge in [0.25, 0.3) is 5.91 Å². The van der Waals surface area contributed by atoms with Gasteiger partial charge in [-0.3, -0.25) is 4.79 Å². The number of amides is 2. The number of hydrogen-bond acceptors (Lipinski definition) is 6. The number of carbonyl (C=O) groups is 3. The van der Waals surface area contributed by atoms with Crippen LogP contribution in [0.2, 0.25) is 0 Å². The molecule has 2 heterocycles. The normalized spacial score (nSPS) is 13.3. The maximum atomic E-state index is 12.8. The number of carbonyl (C=O) groups excluding carboxylic acids is 3. The highest BCUT2D eigenvalue weighted by Gasteiger charge is 2.32. The second kappa shape index (κ2) is 9.60. The summed E-state index contributed by atoms with van der Waals surface area (Å²) in [6.07, 6.45) is -4.61. The van der Waals surface area contributed by atoms with E-state index in [-0.39, 0.29) is 35.9 Å². The van der Waals surface area contributed by atoms with Crippen molar-refractivity contribution in [3.8, 4) is 0 Å². The van der Waals surface area contributed by atoms with E-state index in [0.717, 1.165) is 35.6 Å². The predicted molar refractivity (Wildman–Crippen MR) is 111 cm³/mol. The molecule has 0 saturated heterocycles. The van der Waals surface area contributed by atoms with Crippen molar-refractivity contribution in [3.05, 3.63) is 51.4 Å². The predicted octanol–water partition coefficient (Wildman–Crippen LogP) is 4.71. The number of thiophene rings is 1. The summed E-state index contributed by atoms with van der Waals surface area (Å²) in [6, 6.07) is 3.77. The largest absolute Gasteiger partial charge is 0.462 e. The zero-order valence-electron chi connectivity index (χ0n) is 17.4. The minimum absolute atomic E-state index is 0.00679. The van der Waals surface area contributed by atoms with Crippen molar-refractivity contribution < 1.29 is 37.0 Å². The van der Waals surface area contributed by atoms with Gasteiger partial charge < -0.3 is 19.7 Å². The summed E-state index contributed by atoms with van der Waals surface area (Å²) in [5.74, 6) is -1.28. The van der Waals surface area contributed by atoms with E-state index in [1.165, 1.54) is 4.90 Å². The Labute approximate surface area is 186 Å². The second-order valence-corrected chi connectivity index (χ2v) is 7.93. The molecule has 1 N–H and O–H groups in total. The maximum absolute atomic E-state index is 12.8. The molecule has 11 heteroatoms. The number of esters is 1. The Kier molecular flexibility index (Phi) is 7.07. The molecule has 7 nitrogen and oxygen atoms in total. The average Bonchev–Trinajstić information content (AvgIpc) is 3.10. The van der Waals surface area contributed by atoms with Crippen LogP contribution in [0.5, 0.6) is 0 Å². The fourth-order valence-electron chi connectivity index (χ4n) is 3.27. The summed E-state index contributed by atoms with van der Waals surface area (Å²) in [6.45, 7) is 4.26. The van der Waals surface area contributed by atoms with Crippen LogP contribution < -0.4 is 5.32 Å². The van der Waals surface area contributed by atoms with Gasteiger partial charge in [0.05, 0.1) is 30.9 Å². The molecule has 0 saturated carbocycles. The summed E-state index contributed by atoms with van der Waals surface area (Å²) >= 11 is 1.12. The number of rotatable bonds is 5. The first-order valence-corrected chi connectivity index (χ1v) is 10.7. The van der Waals surface area contributed by atoms with Crippen LogP contribution in [0, 0.1) is 0 Å². The van der Waals surface area contributed by atoms with Crippen molar-refractivity contribution in [1.82, 2.24) is 4.90 Å². The van der Waals surface area contributed by atoms with Crippen LogP contribution in [0.3, 0.4) is 0 Å². The smallest absolute Gasteiger partial charge is 0.416 e. The van der Waals surface area contributed by atoms with Gasteiger partial charge in [0.15, 0.2) is 0 Å². The fourth-order valence-corrected chi connectivity index (χ4v) is 4.51. The number of alkyl halides is 3. The Morgan fingerprint density at radius 1 is 1.09 bits per heavy atom. The van der Waals surface area contributed by atoms with Crippen LogP contribution in [0.4, 0.5) is 23.0 Å². The molecule has 0 bridgehead atoms. The third-order valence-electron chi connectivity index (χ3n) is 4.76. The Morgan fingerprint density at radius 3 is 2.34 bits per heavy atom. The van der Waals surface area contributed by atoms with Gasteiger partial charge >= 0.3 is 18.2 Å². The van der Waals surface area contributed by atoms with Crippen molar-refractivity contribution in [1.29, 1.82) is 0 Å². The molecule has 2 aromatic rings. The first-order chi connectivity index (χ1) is 15.2. The van der Waals surface area contributed by atoms with Crippen molar-refractivity contribution in [2.24, 2.45) is 0 Å². The molecule has 0 spiro atoms. The molecule has 0 radical (unpaired) electrons. The van der Waals surface area contributed by atoms with Gasteiger partial charge in [0, 0.05) is 17.0 Å². The first-order valence-electron chi connectivity index (χ1n) is 9.87. The summed E-state index contributed by atoms with van der Waals surface area (Å²) < 4.78 is 48.4. The van der Waals surface area contributed by atoms with Gasteiger partial charge in [-0.15, -0.1) is 11.3 Å². The van der Waals surface area contributed by atoms with Gasteiger partial charge in [0.1, 0.15) is 5.00 Å². The molecule has 3 rings (SSSR count). The molecule has 172 valence electrons. The van der Waals surface area contributed by atoms with E-state index in [4.69, 9.17) is 9.47 Å². The molecule has 1 aromatic carbocycles. The number of hydrogen-bond donors (Lipinski definition) is 1. The Bertz CT molecular complexity index is 1020. The SMILES string of the molecule is CCOC(=O)c1c(NC(=O)c2ccc(C(F)(F)F)cc2)sc2c1CCN(C(=O)OCC)C2. The molecule has 2 amide bonds. The zero-order chi connectivity index (χ0) is 23.5. The third-order valence-corrected chi connectivity index (χ3v) is 5.90. The number of nitrogens with zero attached hydrogens (tertiary/aromatic N) is 1. The van der Waals surface area contributed by atoms with Gasteiger partial charge in [0.2, 0.25) is 0 Å². The van der Waals surface area contributed by atoms with E-state index in [1.807, 2.05) is 0 Å². The summed E-state index contributed by atoms with van der Waals surface area (Å²) in [4.78, 5) is 39.5. The lowest BCUT2D eigenvalue weighted by molar-refractivity contribution is -0.137. The standard InChI is InChI=1S/C21H21F3N2O5S/c1-3-30-19(28)16-14-9-10-26(20(29)31-4-2)11-15(14)32-18(16)25-17(27)12-5-7-13(8-6-12)21(22,23)24/h5-8H,3-4,9-11H2,1-2H3,(H,25,27). The second-order valence-electron chi connectivity index (χ2n) is 6.83. The zero-order valence-corrected chi connectivity index (χ0v) is 18.2. The lowest BCUT2D eigenvalue weighted by Crippen LogP contribution is -2.36. The molecule has 1 aromatic heterocycles. The molecule has 0 fully saturated rings. The Balaban J connectivity index is 1.88. The molecular formula is C21H21F3N2O5S. The highest BCUT2D eigenvalue weighted by Crippen LogP contribution is 2.38. The van der Waals surface area contributed by atoms with Crippen LogP contribution in [-0.4, -0.2) is 42.6 Å². The molecule has 1 aliphatic rings. The highest BCUT2D eigenvalue weighted by atomic mass is 32.1.